The molecular formula is C13H15Cl2N3. The van der Waals surface area contributed by atoms with Crippen LogP contribution in [-0.4, -0.2) is 16.2 Å². The Hall–Kier alpha value is -1.19. The molecule has 1 aromatic carbocycles. The van der Waals surface area contributed by atoms with E-state index >= 15 is 0 Å². The zero-order valence-corrected chi connectivity index (χ0v) is 12.3. The summed E-state index contributed by atoms with van der Waals surface area (Å²) in [6.45, 7) is 4.13. The first-order valence-electron chi connectivity index (χ1n) is 5.60. The van der Waals surface area contributed by atoms with E-state index in [0.29, 0.717) is 10.0 Å². The van der Waals surface area contributed by atoms with E-state index in [2.05, 4.69) is 28.0 Å². The average Bonchev–Trinajstić information content (AvgIpc) is 2.57. The van der Waals surface area contributed by atoms with Gasteiger partial charge in [0.25, 0.3) is 0 Å². The number of imidazole rings is 1. The van der Waals surface area contributed by atoms with E-state index in [9.17, 15) is 0 Å². The Balaban J connectivity index is 2.79. The molecule has 0 amide bonds. The van der Waals surface area contributed by atoms with E-state index in [-0.39, 0.29) is 0 Å². The van der Waals surface area contributed by atoms with Crippen molar-refractivity contribution in [3.63, 3.8) is 0 Å². The molecule has 3 nitrogen and oxygen atoms in total. The van der Waals surface area contributed by atoms with Gasteiger partial charge in [0.2, 0.25) is 5.62 Å². The smallest absolute Gasteiger partial charge is 0.209 e. The number of benzene rings is 1. The quantitative estimate of drug-likeness (QED) is 0.767. The first-order valence-corrected chi connectivity index (χ1v) is 6.36. The molecule has 1 aromatic heterocycles. The minimum Gasteiger partial charge on any atom is -0.317 e. The number of hydrogen-bond donors (Lipinski definition) is 0. The second kappa shape index (κ2) is 4.82. The van der Waals surface area contributed by atoms with Gasteiger partial charge in [-0.3, -0.25) is 9.56 Å². The molecule has 0 radical (unpaired) electrons. The molecule has 0 fully saturated rings. The molecule has 5 heteroatoms. The molecule has 1 heterocycles. The lowest BCUT2D eigenvalue weighted by Gasteiger charge is -2.07. The lowest BCUT2D eigenvalue weighted by molar-refractivity contribution is 0.766. The van der Waals surface area contributed by atoms with Gasteiger partial charge in [-0.2, -0.15) is 0 Å². The van der Waals surface area contributed by atoms with Gasteiger partial charge in [-0.05, 0) is 32.0 Å². The van der Waals surface area contributed by atoms with Crippen molar-refractivity contribution in [3.05, 3.63) is 45.3 Å². The molecule has 0 saturated heterocycles. The van der Waals surface area contributed by atoms with Crippen molar-refractivity contribution in [1.82, 2.24) is 9.13 Å². The SMILES string of the molecule is CN=c1n(C)c(C)c(C)n1-c1ccc(Cl)c(Cl)c1. The van der Waals surface area contributed by atoms with Gasteiger partial charge < -0.3 is 4.57 Å². The Morgan fingerprint density at radius 1 is 1.06 bits per heavy atom. The molecule has 2 aromatic rings. The summed E-state index contributed by atoms with van der Waals surface area (Å²) in [7, 11) is 3.78. The molecule has 0 aliphatic carbocycles. The van der Waals surface area contributed by atoms with Crippen LogP contribution in [0.4, 0.5) is 0 Å². The van der Waals surface area contributed by atoms with Crippen LogP contribution < -0.4 is 5.62 Å². The summed E-state index contributed by atoms with van der Waals surface area (Å²) in [4.78, 5) is 4.33. The van der Waals surface area contributed by atoms with Crippen molar-refractivity contribution in [2.75, 3.05) is 7.05 Å². The van der Waals surface area contributed by atoms with E-state index in [1.165, 1.54) is 5.69 Å². The summed E-state index contributed by atoms with van der Waals surface area (Å²) >= 11 is 12.0. The van der Waals surface area contributed by atoms with Crippen LogP contribution in [0.1, 0.15) is 11.4 Å². The van der Waals surface area contributed by atoms with Crippen molar-refractivity contribution >= 4 is 23.2 Å². The summed E-state index contributed by atoms with van der Waals surface area (Å²) in [5.41, 5.74) is 4.15. The zero-order valence-electron chi connectivity index (χ0n) is 10.8. The standard InChI is InChI=1S/C13H15Cl2N3/c1-8-9(2)18(13(16-3)17(8)4)10-5-6-11(14)12(15)7-10/h5-7H,1-4H3. The Morgan fingerprint density at radius 3 is 2.28 bits per heavy atom. The van der Waals surface area contributed by atoms with Gasteiger partial charge in [0.15, 0.2) is 0 Å². The van der Waals surface area contributed by atoms with Crippen molar-refractivity contribution in [1.29, 1.82) is 0 Å². The topological polar surface area (TPSA) is 22.2 Å². The number of halogens is 2. The van der Waals surface area contributed by atoms with E-state index in [4.69, 9.17) is 23.2 Å². The molecule has 0 spiro atoms. The maximum atomic E-state index is 6.08. The van der Waals surface area contributed by atoms with Crippen LogP contribution in [0.3, 0.4) is 0 Å². The molecule has 0 unspecified atom stereocenters. The molecule has 0 bridgehead atoms. The fourth-order valence-electron chi connectivity index (χ4n) is 2.04. The molecule has 2 rings (SSSR count). The van der Waals surface area contributed by atoms with Gasteiger partial charge in [0.1, 0.15) is 0 Å². The maximum Gasteiger partial charge on any atom is 0.209 e. The lowest BCUT2D eigenvalue weighted by atomic mass is 10.3. The number of aromatic nitrogens is 2. The van der Waals surface area contributed by atoms with Crippen molar-refractivity contribution in [3.8, 4) is 5.69 Å². The fourth-order valence-corrected chi connectivity index (χ4v) is 2.33. The molecule has 0 atom stereocenters. The van der Waals surface area contributed by atoms with Crippen LogP contribution in [-0.2, 0) is 7.05 Å². The van der Waals surface area contributed by atoms with E-state index in [1.807, 2.05) is 19.2 Å². The predicted molar refractivity (Wildman–Crippen MR) is 75.7 cm³/mol. The summed E-state index contributed by atoms with van der Waals surface area (Å²) in [5.74, 6) is 0. The van der Waals surface area contributed by atoms with Crippen molar-refractivity contribution < 1.29 is 0 Å². The third kappa shape index (κ3) is 1.98. The van der Waals surface area contributed by atoms with Crippen LogP contribution in [0, 0.1) is 13.8 Å². The van der Waals surface area contributed by atoms with Crippen LogP contribution in [0.25, 0.3) is 5.69 Å². The Kier molecular flexibility index (Phi) is 3.55. The number of nitrogens with zero attached hydrogens (tertiary/aromatic N) is 3. The Labute approximate surface area is 116 Å². The van der Waals surface area contributed by atoms with Gasteiger partial charge in [-0.1, -0.05) is 23.2 Å². The first kappa shape index (κ1) is 13.2. The predicted octanol–water partition coefficient (Wildman–Crippen LogP) is 3.27. The largest absolute Gasteiger partial charge is 0.317 e. The first-order chi connectivity index (χ1) is 8.47. The summed E-state index contributed by atoms with van der Waals surface area (Å²) in [5, 5.41) is 1.10. The second-order valence-corrected chi connectivity index (χ2v) is 5.00. The molecular weight excluding hydrogens is 269 g/mol. The van der Waals surface area contributed by atoms with Crippen molar-refractivity contribution in [2.45, 2.75) is 13.8 Å². The van der Waals surface area contributed by atoms with E-state index in [1.54, 1.807) is 13.1 Å². The molecule has 0 aliphatic heterocycles. The highest BCUT2D eigenvalue weighted by Crippen LogP contribution is 2.24. The third-order valence-corrected chi connectivity index (χ3v) is 3.96. The third-order valence-electron chi connectivity index (χ3n) is 3.22. The fraction of sp³-hybridized carbons (Fsp3) is 0.308. The average molecular weight is 284 g/mol. The molecule has 0 saturated carbocycles. The second-order valence-electron chi connectivity index (χ2n) is 4.19. The Morgan fingerprint density at radius 2 is 1.72 bits per heavy atom. The van der Waals surface area contributed by atoms with Crippen LogP contribution in [0.15, 0.2) is 23.2 Å². The van der Waals surface area contributed by atoms with Crippen LogP contribution in [0.5, 0.6) is 0 Å². The van der Waals surface area contributed by atoms with Gasteiger partial charge >= 0.3 is 0 Å². The summed E-state index contributed by atoms with van der Waals surface area (Å²) in [6, 6.07) is 5.59. The highest BCUT2D eigenvalue weighted by atomic mass is 35.5. The van der Waals surface area contributed by atoms with Gasteiger partial charge in [-0.25, -0.2) is 0 Å². The Bertz CT molecular complexity index is 666. The van der Waals surface area contributed by atoms with Crippen LogP contribution >= 0.6 is 23.2 Å². The minimum absolute atomic E-state index is 0.546. The highest BCUT2D eigenvalue weighted by molar-refractivity contribution is 6.42. The monoisotopic (exact) mass is 283 g/mol. The van der Waals surface area contributed by atoms with E-state index in [0.717, 1.165) is 17.0 Å². The molecule has 18 heavy (non-hydrogen) atoms. The number of rotatable bonds is 1. The molecule has 96 valence electrons. The lowest BCUT2D eigenvalue weighted by Crippen LogP contribution is -2.23. The zero-order chi connectivity index (χ0) is 13.4. The summed E-state index contributed by atoms with van der Waals surface area (Å²) < 4.78 is 4.12. The minimum atomic E-state index is 0.546. The normalized spacial score (nSPS) is 12.2. The van der Waals surface area contributed by atoms with Gasteiger partial charge in [-0.15, -0.1) is 0 Å². The molecule has 0 N–H and O–H groups in total. The number of hydrogen-bond acceptors (Lipinski definition) is 1. The highest BCUT2D eigenvalue weighted by Gasteiger charge is 2.11. The van der Waals surface area contributed by atoms with Crippen LogP contribution in [0.2, 0.25) is 10.0 Å². The van der Waals surface area contributed by atoms with Gasteiger partial charge in [0, 0.05) is 25.5 Å². The maximum absolute atomic E-state index is 6.08. The molecule has 0 aliphatic rings. The van der Waals surface area contributed by atoms with Crippen molar-refractivity contribution in [2.24, 2.45) is 12.0 Å². The van der Waals surface area contributed by atoms with E-state index < -0.39 is 0 Å². The summed E-state index contributed by atoms with van der Waals surface area (Å²) in [6.07, 6.45) is 0. The van der Waals surface area contributed by atoms with Gasteiger partial charge in [0.05, 0.1) is 15.7 Å².